The molecule has 0 aliphatic carbocycles. The molecule has 0 aliphatic heterocycles. The molecule has 2 aromatic carbocycles. The minimum Gasteiger partial charge on any atom is -0.462 e. The van der Waals surface area contributed by atoms with Crippen molar-refractivity contribution in [2.75, 3.05) is 6.61 Å². The van der Waals surface area contributed by atoms with Crippen LogP contribution in [0, 0.1) is 0 Å². The van der Waals surface area contributed by atoms with Gasteiger partial charge < -0.3 is 9.47 Å². The maximum atomic E-state index is 11.9. The summed E-state index contributed by atoms with van der Waals surface area (Å²) in [5.74, 6) is -0.884. The second-order valence-corrected chi connectivity index (χ2v) is 5.44. The summed E-state index contributed by atoms with van der Waals surface area (Å²) in [4.78, 5) is 23.5. The number of halogens is 2. The molecule has 0 aliphatic rings. The van der Waals surface area contributed by atoms with Gasteiger partial charge in [-0.05, 0) is 42.8 Å². The first kappa shape index (κ1) is 17.3. The van der Waals surface area contributed by atoms with Crippen LogP contribution in [-0.4, -0.2) is 18.5 Å². The molecule has 23 heavy (non-hydrogen) atoms. The molecule has 0 heterocycles. The Balaban J connectivity index is 1.96. The molecule has 2 aromatic rings. The first-order valence-electron chi connectivity index (χ1n) is 6.89. The minimum absolute atomic E-state index is 0.0855. The number of hydrogen-bond acceptors (Lipinski definition) is 4. The zero-order chi connectivity index (χ0) is 16.8. The summed E-state index contributed by atoms with van der Waals surface area (Å²) in [7, 11) is 0. The van der Waals surface area contributed by atoms with Crippen molar-refractivity contribution < 1.29 is 19.1 Å². The van der Waals surface area contributed by atoms with Gasteiger partial charge in [-0.15, -0.1) is 0 Å². The summed E-state index contributed by atoms with van der Waals surface area (Å²) in [6, 6.07) is 11.2. The van der Waals surface area contributed by atoms with Crippen molar-refractivity contribution in [2.45, 2.75) is 13.5 Å². The summed E-state index contributed by atoms with van der Waals surface area (Å²) in [6.45, 7) is 2.15. The molecule has 0 saturated heterocycles. The Kier molecular flexibility index (Phi) is 6.02. The van der Waals surface area contributed by atoms with Crippen molar-refractivity contribution in [2.24, 2.45) is 0 Å². The molecular weight excluding hydrogens is 339 g/mol. The number of carbonyl (C=O) groups excluding carboxylic acids is 2. The Morgan fingerprint density at radius 1 is 0.870 bits per heavy atom. The van der Waals surface area contributed by atoms with Crippen LogP contribution in [0.5, 0.6) is 0 Å². The van der Waals surface area contributed by atoms with Gasteiger partial charge in [0.2, 0.25) is 0 Å². The van der Waals surface area contributed by atoms with Gasteiger partial charge in [-0.3, -0.25) is 0 Å². The Hall–Kier alpha value is -2.04. The molecule has 0 saturated carbocycles. The van der Waals surface area contributed by atoms with E-state index in [4.69, 9.17) is 32.7 Å². The fraction of sp³-hybridized carbons (Fsp3) is 0.176. The van der Waals surface area contributed by atoms with Crippen LogP contribution >= 0.6 is 23.2 Å². The van der Waals surface area contributed by atoms with Gasteiger partial charge in [0.25, 0.3) is 0 Å². The van der Waals surface area contributed by atoms with Crippen molar-refractivity contribution in [3.63, 3.8) is 0 Å². The zero-order valence-electron chi connectivity index (χ0n) is 12.3. The van der Waals surface area contributed by atoms with E-state index >= 15 is 0 Å². The lowest BCUT2D eigenvalue weighted by Crippen LogP contribution is -2.06. The molecule has 2 rings (SSSR count). The fourth-order valence-corrected chi connectivity index (χ4v) is 2.10. The van der Waals surface area contributed by atoms with Crippen LogP contribution in [0.1, 0.15) is 33.2 Å². The van der Waals surface area contributed by atoms with E-state index < -0.39 is 5.97 Å². The van der Waals surface area contributed by atoms with E-state index in [-0.39, 0.29) is 12.6 Å². The number of hydrogen-bond donors (Lipinski definition) is 0. The normalized spacial score (nSPS) is 10.2. The van der Waals surface area contributed by atoms with Crippen molar-refractivity contribution >= 4 is 35.1 Å². The van der Waals surface area contributed by atoms with Gasteiger partial charge in [-0.1, -0.05) is 35.3 Å². The number of ether oxygens (including phenoxy) is 2. The highest BCUT2D eigenvalue weighted by Crippen LogP contribution is 2.23. The molecule has 0 atom stereocenters. The van der Waals surface area contributed by atoms with Crippen molar-refractivity contribution in [3.05, 3.63) is 69.2 Å². The second kappa shape index (κ2) is 7.99. The van der Waals surface area contributed by atoms with Crippen molar-refractivity contribution in [1.82, 2.24) is 0 Å². The van der Waals surface area contributed by atoms with E-state index in [9.17, 15) is 9.59 Å². The third-order valence-electron chi connectivity index (χ3n) is 2.99. The predicted molar refractivity (Wildman–Crippen MR) is 88.0 cm³/mol. The van der Waals surface area contributed by atoms with E-state index in [1.807, 2.05) is 0 Å². The third kappa shape index (κ3) is 4.71. The van der Waals surface area contributed by atoms with Gasteiger partial charge in [0.05, 0.1) is 27.8 Å². The molecule has 0 bridgehead atoms. The highest BCUT2D eigenvalue weighted by atomic mass is 35.5. The molecular formula is C17H14Cl2O4. The Bertz CT molecular complexity index is 711. The van der Waals surface area contributed by atoms with Gasteiger partial charge >= 0.3 is 11.9 Å². The van der Waals surface area contributed by atoms with E-state index in [2.05, 4.69) is 0 Å². The SMILES string of the molecule is CCOC(=O)c1ccc(COC(=O)c2ccc(Cl)c(Cl)c2)cc1. The monoisotopic (exact) mass is 352 g/mol. The molecule has 0 amide bonds. The van der Waals surface area contributed by atoms with Crippen LogP contribution in [0.15, 0.2) is 42.5 Å². The number of benzene rings is 2. The standard InChI is InChI=1S/C17H14Cl2O4/c1-2-22-16(20)12-5-3-11(4-6-12)10-23-17(21)13-7-8-14(18)15(19)9-13/h3-9H,2,10H2,1H3. The summed E-state index contributed by atoms with van der Waals surface area (Å²) >= 11 is 11.7. The number of carbonyl (C=O) groups is 2. The predicted octanol–water partition coefficient (Wildman–Crippen LogP) is 4.53. The summed E-state index contributed by atoms with van der Waals surface area (Å²) in [5.41, 5.74) is 1.53. The van der Waals surface area contributed by atoms with Gasteiger partial charge in [0.15, 0.2) is 0 Å². The molecule has 0 spiro atoms. The summed E-state index contributed by atoms with van der Waals surface area (Å²) < 4.78 is 10.1. The number of esters is 2. The van der Waals surface area contributed by atoms with E-state index in [0.717, 1.165) is 5.56 Å². The van der Waals surface area contributed by atoms with Crippen LogP contribution in [0.3, 0.4) is 0 Å². The molecule has 6 heteroatoms. The lowest BCUT2D eigenvalue weighted by molar-refractivity contribution is 0.0469. The third-order valence-corrected chi connectivity index (χ3v) is 3.73. The quantitative estimate of drug-likeness (QED) is 0.742. The molecule has 120 valence electrons. The first-order chi connectivity index (χ1) is 11.0. The molecule has 0 fully saturated rings. The van der Waals surface area contributed by atoms with E-state index in [1.54, 1.807) is 37.3 Å². The Morgan fingerprint density at radius 3 is 2.09 bits per heavy atom. The average molecular weight is 353 g/mol. The maximum Gasteiger partial charge on any atom is 0.338 e. The van der Waals surface area contributed by atoms with Gasteiger partial charge in [-0.25, -0.2) is 9.59 Å². The topological polar surface area (TPSA) is 52.6 Å². The van der Waals surface area contributed by atoms with Gasteiger partial charge in [0, 0.05) is 0 Å². The minimum atomic E-state index is -0.502. The molecule has 0 unspecified atom stereocenters. The van der Waals surface area contributed by atoms with Crippen LogP contribution in [0.25, 0.3) is 0 Å². The van der Waals surface area contributed by atoms with Crippen LogP contribution in [0.4, 0.5) is 0 Å². The zero-order valence-corrected chi connectivity index (χ0v) is 13.9. The Labute approximate surface area is 143 Å². The van der Waals surface area contributed by atoms with Gasteiger partial charge in [-0.2, -0.15) is 0 Å². The van der Waals surface area contributed by atoms with Gasteiger partial charge in [0.1, 0.15) is 6.61 Å². The highest BCUT2D eigenvalue weighted by Gasteiger charge is 2.10. The van der Waals surface area contributed by atoms with Crippen molar-refractivity contribution in [3.8, 4) is 0 Å². The van der Waals surface area contributed by atoms with E-state index in [0.29, 0.717) is 27.8 Å². The number of rotatable bonds is 5. The summed E-state index contributed by atoms with van der Waals surface area (Å²) in [6.07, 6.45) is 0. The van der Waals surface area contributed by atoms with E-state index in [1.165, 1.54) is 12.1 Å². The van der Waals surface area contributed by atoms with Crippen molar-refractivity contribution in [1.29, 1.82) is 0 Å². The summed E-state index contributed by atoms with van der Waals surface area (Å²) in [5, 5.41) is 0.665. The highest BCUT2D eigenvalue weighted by molar-refractivity contribution is 6.42. The second-order valence-electron chi connectivity index (χ2n) is 4.62. The average Bonchev–Trinajstić information content (AvgIpc) is 2.56. The largest absolute Gasteiger partial charge is 0.462 e. The molecule has 0 aromatic heterocycles. The first-order valence-corrected chi connectivity index (χ1v) is 7.65. The lowest BCUT2D eigenvalue weighted by atomic mass is 10.1. The van der Waals surface area contributed by atoms with Crippen LogP contribution in [0.2, 0.25) is 10.0 Å². The van der Waals surface area contributed by atoms with Crippen LogP contribution in [-0.2, 0) is 16.1 Å². The lowest BCUT2D eigenvalue weighted by Gasteiger charge is -2.07. The molecule has 0 radical (unpaired) electrons. The smallest absolute Gasteiger partial charge is 0.338 e. The van der Waals surface area contributed by atoms with Crippen LogP contribution < -0.4 is 0 Å². The maximum absolute atomic E-state index is 11.9. The molecule has 4 nitrogen and oxygen atoms in total. The molecule has 0 N–H and O–H groups in total. The fourth-order valence-electron chi connectivity index (χ4n) is 1.81. The Morgan fingerprint density at radius 2 is 1.48 bits per heavy atom.